The number of thiazole rings is 1. The summed E-state index contributed by atoms with van der Waals surface area (Å²) in [5.74, 6) is 0.113. The maximum Gasteiger partial charge on any atom is 0.305 e. The smallest absolute Gasteiger partial charge is 0.305 e. The van der Waals surface area contributed by atoms with Crippen molar-refractivity contribution < 1.29 is 4.74 Å². The van der Waals surface area contributed by atoms with Gasteiger partial charge in [-0.1, -0.05) is 35.9 Å². The van der Waals surface area contributed by atoms with Crippen molar-refractivity contribution in [3.63, 3.8) is 0 Å². The molecule has 0 saturated carbocycles. The number of halogens is 1. The zero-order chi connectivity index (χ0) is 12.1. The summed E-state index contributed by atoms with van der Waals surface area (Å²) >= 11 is 7.08. The lowest BCUT2D eigenvalue weighted by Gasteiger charge is -2.03. The topological polar surface area (TPSA) is 65.9 Å². The first-order valence-corrected chi connectivity index (χ1v) is 6.00. The Kier molecular flexibility index (Phi) is 4.76. The van der Waals surface area contributed by atoms with Crippen molar-refractivity contribution in [2.24, 2.45) is 0 Å². The monoisotopic (exact) mass is 260 g/mol. The molecule has 0 bridgehead atoms. The van der Waals surface area contributed by atoms with Crippen molar-refractivity contribution in [2.45, 2.75) is 26.9 Å². The van der Waals surface area contributed by atoms with Gasteiger partial charge < -0.3 is 9.72 Å². The van der Waals surface area contributed by atoms with Crippen LogP contribution in [0.2, 0.25) is 0 Å². The molecule has 88 valence electrons. The zero-order valence-corrected chi connectivity index (χ0v) is 10.7. The fourth-order valence-electron chi connectivity index (χ4n) is 1.11. The van der Waals surface area contributed by atoms with E-state index in [2.05, 4.69) is 4.98 Å². The summed E-state index contributed by atoms with van der Waals surface area (Å²) in [6.07, 6.45) is 2.61. The standard InChI is InChI=1S/C10H13ClN2O2S/c1-3-4-7(11)9-8(5-15-6(2)12)16-10(14)13-9/h4,12H,3,5H2,1-2H3,(H,13,14)/b7-4+,12-6?. The van der Waals surface area contributed by atoms with Crippen molar-refractivity contribution in [1.29, 1.82) is 5.41 Å². The van der Waals surface area contributed by atoms with E-state index in [1.807, 2.05) is 13.0 Å². The highest BCUT2D eigenvalue weighted by molar-refractivity contribution is 7.09. The van der Waals surface area contributed by atoms with E-state index < -0.39 is 0 Å². The molecule has 1 aromatic heterocycles. The van der Waals surface area contributed by atoms with Gasteiger partial charge in [0.15, 0.2) is 5.90 Å². The van der Waals surface area contributed by atoms with Crippen LogP contribution in [0, 0.1) is 5.41 Å². The summed E-state index contributed by atoms with van der Waals surface area (Å²) in [6, 6.07) is 0. The number of hydrogen-bond acceptors (Lipinski definition) is 4. The minimum Gasteiger partial charge on any atom is -0.476 e. The van der Waals surface area contributed by atoms with Crippen LogP contribution in [0.1, 0.15) is 30.8 Å². The summed E-state index contributed by atoms with van der Waals surface area (Å²) in [6.45, 7) is 3.70. The number of aromatic nitrogens is 1. The molecule has 1 rings (SSSR count). The van der Waals surface area contributed by atoms with Gasteiger partial charge >= 0.3 is 4.87 Å². The van der Waals surface area contributed by atoms with E-state index in [1.54, 1.807) is 6.92 Å². The second-order valence-corrected chi connectivity index (χ2v) is 4.59. The minimum absolute atomic E-state index is 0.113. The van der Waals surface area contributed by atoms with E-state index >= 15 is 0 Å². The molecule has 0 atom stereocenters. The lowest BCUT2D eigenvalue weighted by Crippen LogP contribution is -1.98. The number of H-pyrrole nitrogens is 1. The molecule has 4 nitrogen and oxygen atoms in total. The molecule has 0 aliphatic carbocycles. The first kappa shape index (κ1) is 13.0. The molecule has 0 unspecified atom stereocenters. The van der Waals surface area contributed by atoms with Gasteiger partial charge in [-0.05, 0) is 6.42 Å². The summed E-state index contributed by atoms with van der Waals surface area (Å²) < 4.78 is 5.06. The molecule has 0 fully saturated rings. The van der Waals surface area contributed by atoms with Crippen LogP contribution in [-0.2, 0) is 11.3 Å². The molecule has 1 aromatic rings. The molecule has 6 heteroatoms. The molecule has 0 saturated heterocycles. The largest absolute Gasteiger partial charge is 0.476 e. The SMILES string of the molecule is CC/C=C(/Cl)c1[nH]c(=O)sc1COC(C)=N. The minimum atomic E-state index is -0.168. The lowest BCUT2D eigenvalue weighted by atomic mass is 10.3. The Morgan fingerprint density at radius 3 is 2.94 bits per heavy atom. The van der Waals surface area contributed by atoms with E-state index in [1.165, 1.54) is 0 Å². The molecule has 2 N–H and O–H groups in total. The molecule has 0 aliphatic rings. The van der Waals surface area contributed by atoms with E-state index in [-0.39, 0.29) is 17.4 Å². The Morgan fingerprint density at radius 1 is 1.69 bits per heavy atom. The molecule has 0 aromatic carbocycles. The van der Waals surface area contributed by atoms with Crippen LogP contribution in [0.3, 0.4) is 0 Å². The quantitative estimate of drug-likeness (QED) is 0.646. The Hall–Kier alpha value is -1.07. The number of rotatable bonds is 4. The predicted molar refractivity (Wildman–Crippen MR) is 67.3 cm³/mol. The predicted octanol–water partition coefficient (Wildman–Crippen LogP) is 2.94. The number of ether oxygens (including phenoxy) is 1. The van der Waals surface area contributed by atoms with Crippen LogP contribution in [0.5, 0.6) is 0 Å². The van der Waals surface area contributed by atoms with Crippen molar-refractivity contribution in [3.05, 3.63) is 26.3 Å². The molecule has 0 amide bonds. The zero-order valence-electron chi connectivity index (χ0n) is 9.09. The molecule has 0 aliphatic heterocycles. The van der Waals surface area contributed by atoms with Crippen LogP contribution in [0.25, 0.3) is 5.03 Å². The van der Waals surface area contributed by atoms with Crippen LogP contribution < -0.4 is 4.87 Å². The molecular formula is C10H13ClN2O2S. The lowest BCUT2D eigenvalue weighted by molar-refractivity contribution is 0.290. The molecule has 0 spiro atoms. The summed E-state index contributed by atoms with van der Waals surface area (Å²) in [5, 5.41) is 7.67. The van der Waals surface area contributed by atoms with E-state index in [0.29, 0.717) is 15.6 Å². The third kappa shape index (κ3) is 3.50. The Morgan fingerprint density at radius 2 is 2.38 bits per heavy atom. The first-order valence-electron chi connectivity index (χ1n) is 4.80. The normalized spacial score (nSPS) is 11.6. The second kappa shape index (κ2) is 5.86. The van der Waals surface area contributed by atoms with Gasteiger partial charge in [-0.3, -0.25) is 10.2 Å². The summed E-state index contributed by atoms with van der Waals surface area (Å²) in [4.78, 5) is 14.4. The second-order valence-electron chi connectivity index (χ2n) is 3.12. The highest BCUT2D eigenvalue weighted by Gasteiger charge is 2.11. The molecular weight excluding hydrogens is 248 g/mol. The number of allylic oxidation sites excluding steroid dienone is 1. The van der Waals surface area contributed by atoms with Gasteiger partial charge in [-0.15, -0.1) is 0 Å². The maximum atomic E-state index is 11.2. The Bertz CT molecular complexity index is 462. The fourth-order valence-corrected chi connectivity index (χ4v) is 2.24. The van der Waals surface area contributed by atoms with E-state index in [4.69, 9.17) is 21.7 Å². The van der Waals surface area contributed by atoms with Crippen molar-refractivity contribution in [2.75, 3.05) is 0 Å². The molecule has 16 heavy (non-hydrogen) atoms. The third-order valence-electron chi connectivity index (χ3n) is 1.76. The van der Waals surface area contributed by atoms with Crippen LogP contribution in [-0.4, -0.2) is 10.9 Å². The van der Waals surface area contributed by atoms with E-state index in [0.717, 1.165) is 17.8 Å². The first-order chi connectivity index (χ1) is 7.54. The van der Waals surface area contributed by atoms with Gasteiger partial charge in [0, 0.05) is 6.92 Å². The van der Waals surface area contributed by atoms with Crippen LogP contribution in [0.4, 0.5) is 0 Å². The maximum absolute atomic E-state index is 11.2. The van der Waals surface area contributed by atoms with Crippen LogP contribution >= 0.6 is 22.9 Å². The van der Waals surface area contributed by atoms with Crippen LogP contribution in [0.15, 0.2) is 10.9 Å². The summed E-state index contributed by atoms with van der Waals surface area (Å²) in [5.41, 5.74) is 0.597. The van der Waals surface area contributed by atoms with Gasteiger partial charge in [0.2, 0.25) is 0 Å². The van der Waals surface area contributed by atoms with Crippen molar-refractivity contribution >= 4 is 33.9 Å². The average molecular weight is 261 g/mol. The Labute approximate surface area is 102 Å². The number of nitrogens with one attached hydrogen (secondary N) is 2. The highest BCUT2D eigenvalue weighted by Crippen LogP contribution is 2.23. The average Bonchev–Trinajstić information content (AvgIpc) is 2.57. The number of hydrogen-bond donors (Lipinski definition) is 2. The van der Waals surface area contributed by atoms with Crippen molar-refractivity contribution in [1.82, 2.24) is 4.98 Å². The number of aromatic amines is 1. The van der Waals surface area contributed by atoms with Gasteiger partial charge in [-0.2, -0.15) is 0 Å². The Balaban J connectivity index is 2.95. The van der Waals surface area contributed by atoms with Crippen molar-refractivity contribution in [3.8, 4) is 0 Å². The van der Waals surface area contributed by atoms with Gasteiger partial charge in [0.1, 0.15) is 6.61 Å². The molecule has 0 radical (unpaired) electrons. The third-order valence-corrected chi connectivity index (χ3v) is 2.96. The van der Waals surface area contributed by atoms with Gasteiger partial charge in [-0.25, -0.2) is 0 Å². The fraction of sp³-hybridized carbons (Fsp3) is 0.400. The summed E-state index contributed by atoms with van der Waals surface area (Å²) in [7, 11) is 0. The highest BCUT2D eigenvalue weighted by atomic mass is 35.5. The van der Waals surface area contributed by atoms with Gasteiger partial charge in [0.05, 0.1) is 15.6 Å². The van der Waals surface area contributed by atoms with Gasteiger partial charge in [0.25, 0.3) is 0 Å². The van der Waals surface area contributed by atoms with E-state index in [9.17, 15) is 4.79 Å². The molecule has 1 heterocycles.